The average Bonchev–Trinajstić information content (AvgIpc) is 2.23. The van der Waals surface area contributed by atoms with E-state index >= 15 is 0 Å². The van der Waals surface area contributed by atoms with Gasteiger partial charge in [-0.2, -0.15) is 0 Å². The highest BCUT2D eigenvalue weighted by Gasteiger charge is 2.18. The third kappa shape index (κ3) is 2.44. The molecule has 78 valence electrons. The molecule has 0 aromatic rings. The van der Waals surface area contributed by atoms with Crippen LogP contribution in [0.15, 0.2) is 20.6 Å². The minimum atomic E-state index is -0.301. The van der Waals surface area contributed by atoms with E-state index in [0.29, 0.717) is 0 Å². The molecular weight excluding hydrogens is 192 g/mol. The van der Waals surface area contributed by atoms with Crippen molar-refractivity contribution in [1.29, 1.82) is 0 Å². The van der Waals surface area contributed by atoms with Crippen LogP contribution in [0.3, 0.4) is 0 Å². The lowest BCUT2D eigenvalue weighted by Gasteiger charge is -2.02. The highest BCUT2D eigenvalue weighted by molar-refractivity contribution is 6.82. The van der Waals surface area contributed by atoms with Crippen LogP contribution in [-0.4, -0.2) is 43.7 Å². The van der Waals surface area contributed by atoms with E-state index in [1.165, 1.54) is 13.8 Å². The maximum atomic E-state index is 8.54. The topological polar surface area (TPSA) is 130 Å². The van der Waals surface area contributed by atoms with Crippen LogP contribution in [0.25, 0.3) is 0 Å². The van der Waals surface area contributed by atoms with Gasteiger partial charge in [-0.15, -0.1) is 0 Å². The van der Waals surface area contributed by atoms with Crippen molar-refractivity contribution in [2.24, 2.45) is 20.6 Å². The molecule has 0 heterocycles. The van der Waals surface area contributed by atoms with Crippen LogP contribution in [0.1, 0.15) is 13.8 Å². The summed E-state index contributed by atoms with van der Waals surface area (Å²) in [4.78, 5) is 0. The van der Waals surface area contributed by atoms with Crippen LogP contribution < -0.4 is 0 Å². The summed E-state index contributed by atoms with van der Waals surface area (Å²) < 4.78 is 0. The summed E-state index contributed by atoms with van der Waals surface area (Å²) in [7, 11) is 0. The van der Waals surface area contributed by atoms with Crippen molar-refractivity contribution in [1.82, 2.24) is 0 Å². The number of hydrogen-bond acceptors (Lipinski definition) is 8. The molecule has 0 aromatic heterocycles. The van der Waals surface area contributed by atoms with Gasteiger partial charge in [0.25, 0.3) is 0 Å². The zero-order valence-electron chi connectivity index (χ0n) is 7.58. The zero-order valence-corrected chi connectivity index (χ0v) is 7.58. The summed E-state index contributed by atoms with van der Waals surface area (Å²) in [5, 5.41) is 44.8. The minimum absolute atomic E-state index is 0.0942. The predicted molar refractivity (Wildman–Crippen MR) is 48.2 cm³/mol. The maximum Gasteiger partial charge on any atom is 0.158 e. The fourth-order valence-corrected chi connectivity index (χ4v) is 0.677. The lowest BCUT2D eigenvalue weighted by molar-refractivity contribution is 0.310. The van der Waals surface area contributed by atoms with E-state index in [0.717, 1.165) is 0 Å². The van der Waals surface area contributed by atoms with Crippen molar-refractivity contribution < 1.29 is 20.8 Å². The van der Waals surface area contributed by atoms with Crippen molar-refractivity contribution in [2.75, 3.05) is 0 Å². The fourth-order valence-electron chi connectivity index (χ4n) is 0.677. The lowest BCUT2D eigenvalue weighted by atomic mass is 10.1. The second kappa shape index (κ2) is 5.51. The molecule has 14 heavy (non-hydrogen) atoms. The zero-order chi connectivity index (χ0) is 11.1. The molecule has 0 fully saturated rings. The van der Waals surface area contributed by atoms with Gasteiger partial charge in [-0.1, -0.05) is 20.6 Å². The van der Waals surface area contributed by atoms with Gasteiger partial charge in [-0.05, 0) is 13.8 Å². The molecule has 0 rings (SSSR count). The molecule has 0 spiro atoms. The Bertz CT molecular complexity index is 286. The van der Waals surface area contributed by atoms with Crippen molar-refractivity contribution >= 4 is 22.8 Å². The van der Waals surface area contributed by atoms with E-state index < -0.39 is 0 Å². The molecule has 0 saturated heterocycles. The molecule has 0 aliphatic rings. The monoisotopic (exact) mass is 202 g/mol. The first-order chi connectivity index (χ1) is 6.62. The molecule has 0 atom stereocenters. The van der Waals surface area contributed by atoms with E-state index in [9.17, 15) is 0 Å². The van der Waals surface area contributed by atoms with Crippen LogP contribution in [0, 0.1) is 0 Å². The van der Waals surface area contributed by atoms with Crippen molar-refractivity contribution in [3.63, 3.8) is 0 Å². The standard InChI is InChI=1S/C6H10N4O4/c1-3(7-11)5(9-13)6(10-14)4(2)8-12/h11-14H,1-2H3/b7-3+,8-4+,9-5+,10-6+. The van der Waals surface area contributed by atoms with Gasteiger partial charge in [0.15, 0.2) is 11.4 Å². The summed E-state index contributed by atoms with van der Waals surface area (Å²) in [6.07, 6.45) is 0. The van der Waals surface area contributed by atoms with Gasteiger partial charge in [0.1, 0.15) is 11.4 Å². The Hall–Kier alpha value is -2.12. The Kier molecular flexibility index (Phi) is 4.68. The summed E-state index contributed by atoms with van der Waals surface area (Å²) in [6, 6.07) is 0. The van der Waals surface area contributed by atoms with E-state index in [4.69, 9.17) is 20.8 Å². The van der Waals surface area contributed by atoms with Gasteiger partial charge in [0, 0.05) is 0 Å². The Morgan fingerprint density at radius 1 is 0.643 bits per heavy atom. The summed E-state index contributed by atoms with van der Waals surface area (Å²) in [5.41, 5.74) is -0.790. The van der Waals surface area contributed by atoms with Gasteiger partial charge in [0.2, 0.25) is 0 Å². The molecule has 0 aliphatic carbocycles. The Morgan fingerprint density at radius 2 is 0.929 bits per heavy atom. The average molecular weight is 202 g/mol. The van der Waals surface area contributed by atoms with Gasteiger partial charge < -0.3 is 20.8 Å². The van der Waals surface area contributed by atoms with Crippen molar-refractivity contribution in [3.8, 4) is 0 Å². The van der Waals surface area contributed by atoms with Gasteiger partial charge in [0.05, 0.1) is 0 Å². The molecule has 4 N–H and O–H groups in total. The van der Waals surface area contributed by atoms with E-state index in [-0.39, 0.29) is 22.8 Å². The van der Waals surface area contributed by atoms with Gasteiger partial charge >= 0.3 is 0 Å². The van der Waals surface area contributed by atoms with Crippen LogP contribution in [-0.2, 0) is 0 Å². The largest absolute Gasteiger partial charge is 0.411 e. The molecule has 8 nitrogen and oxygen atoms in total. The van der Waals surface area contributed by atoms with E-state index in [1.54, 1.807) is 0 Å². The number of hydrogen-bond donors (Lipinski definition) is 4. The molecule has 0 radical (unpaired) electrons. The van der Waals surface area contributed by atoms with Crippen molar-refractivity contribution in [2.45, 2.75) is 13.8 Å². The normalized spacial score (nSPS) is 15.9. The number of oxime groups is 4. The molecule has 8 heteroatoms. The molecule has 0 saturated carbocycles. The molecular formula is C6H10N4O4. The van der Waals surface area contributed by atoms with Gasteiger partial charge in [-0.3, -0.25) is 0 Å². The third-order valence-corrected chi connectivity index (χ3v) is 1.41. The van der Waals surface area contributed by atoms with Crippen LogP contribution >= 0.6 is 0 Å². The van der Waals surface area contributed by atoms with Gasteiger partial charge in [-0.25, -0.2) is 0 Å². The Labute approximate surface area is 79.1 Å². The summed E-state index contributed by atoms with van der Waals surface area (Å²) in [5.74, 6) is 0. The second-order valence-electron chi connectivity index (χ2n) is 2.27. The van der Waals surface area contributed by atoms with Crippen molar-refractivity contribution in [3.05, 3.63) is 0 Å². The van der Waals surface area contributed by atoms with Crippen LogP contribution in [0.5, 0.6) is 0 Å². The first-order valence-electron chi connectivity index (χ1n) is 3.44. The highest BCUT2D eigenvalue weighted by atomic mass is 16.4. The predicted octanol–water partition coefficient (Wildman–Crippen LogP) is 0.347. The first-order valence-corrected chi connectivity index (χ1v) is 3.44. The quantitative estimate of drug-likeness (QED) is 0.298. The lowest BCUT2D eigenvalue weighted by Crippen LogP contribution is -2.28. The molecule has 0 aliphatic heterocycles. The van der Waals surface area contributed by atoms with E-state index in [1.807, 2.05) is 0 Å². The Balaban J connectivity index is 5.25. The smallest absolute Gasteiger partial charge is 0.158 e. The summed E-state index contributed by atoms with van der Waals surface area (Å²) in [6.45, 7) is 2.62. The molecule has 0 unspecified atom stereocenters. The molecule has 0 amide bonds. The molecule has 0 bridgehead atoms. The maximum absolute atomic E-state index is 8.54. The van der Waals surface area contributed by atoms with E-state index in [2.05, 4.69) is 20.6 Å². The molecule has 0 aromatic carbocycles. The second-order valence-corrected chi connectivity index (χ2v) is 2.27. The number of rotatable bonds is 3. The Morgan fingerprint density at radius 3 is 1.07 bits per heavy atom. The number of nitrogens with zero attached hydrogens (tertiary/aromatic N) is 4. The minimum Gasteiger partial charge on any atom is -0.411 e. The third-order valence-electron chi connectivity index (χ3n) is 1.41. The first kappa shape index (κ1) is 11.9. The SMILES string of the molecule is CC(=N\O)/C(=N\O)C(=N/O)/C(C)=N/O. The summed E-state index contributed by atoms with van der Waals surface area (Å²) >= 11 is 0. The fraction of sp³-hybridized carbons (Fsp3) is 0.333. The van der Waals surface area contributed by atoms with Crippen LogP contribution in [0.4, 0.5) is 0 Å². The van der Waals surface area contributed by atoms with Crippen LogP contribution in [0.2, 0.25) is 0 Å². The highest BCUT2D eigenvalue weighted by Crippen LogP contribution is 1.93.